The van der Waals surface area contributed by atoms with Gasteiger partial charge in [0.1, 0.15) is 5.60 Å². The van der Waals surface area contributed by atoms with Gasteiger partial charge >= 0.3 is 6.09 Å². The number of piperazine rings is 1. The summed E-state index contributed by atoms with van der Waals surface area (Å²) in [7, 11) is -3.65. The van der Waals surface area contributed by atoms with Crippen LogP contribution >= 0.6 is 0 Å². The number of primary sulfonamides is 1. The Balaban J connectivity index is 1.37. The molecule has 31 heavy (non-hydrogen) atoms. The lowest BCUT2D eigenvalue weighted by molar-refractivity contribution is 0.0177. The highest BCUT2D eigenvalue weighted by atomic mass is 32.2. The molecule has 174 valence electrons. The second kappa shape index (κ2) is 9.75. The van der Waals surface area contributed by atoms with Gasteiger partial charge in [0.25, 0.3) is 0 Å². The van der Waals surface area contributed by atoms with Crippen molar-refractivity contribution in [2.75, 3.05) is 50.7 Å². The van der Waals surface area contributed by atoms with Crippen LogP contribution in [0.2, 0.25) is 0 Å². The third-order valence-corrected chi connectivity index (χ3v) is 6.95. The molecule has 3 rings (SSSR count). The summed E-state index contributed by atoms with van der Waals surface area (Å²) in [6.07, 6.45) is 3.04. The van der Waals surface area contributed by atoms with Crippen LogP contribution in [0.25, 0.3) is 0 Å². The molecule has 1 aromatic rings. The number of piperidine rings is 1. The van der Waals surface area contributed by atoms with Gasteiger partial charge in [-0.05, 0) is 76.8 Å². The number of rotatable bonds is 5. The average Bonchev–Trinajstić information content (AvgIpc) is 2.71. The van der Waals surface area contributed by atoms with Gasteiger partial charge in [-0.15, -0.1) is 0 Å². The number of ether oxygens (including phenoxy) is 1. The number of amides is 1. The lowest BCUT2D eigenvalue weighted by Crippen LogP contribution is -2.47. The predicted molar refractivity (Wildman–Crippen MR) is 122 cm³/mol. The molecule has 0 aromatic heterocycles. The van der Waals surface area contributed by atoms with Crippen molar-refractivity contribution in [2.24, 2.45) is 11.1 Å². The van der Waals surface area contributed by atoms with Crippen molar-refractivity contribution in [3.63, 3.8) is 0 Å². The lowest BCUT2D eigenvalue weighted by Gasteiger charge is -2.38. The first-order valence-electron chi connectivity index (χ1n) is 11.1. The van der Waals surface area contributed by atoms with Gasteiger partial charge in [0.15, 0.2) is 0 Å². The second-order valence-corrected chi connectivity index (χ2v) is 11.1. The van der Waals surface area contributed by atoms with Crippen molar-refractivity contribution < 1.29 is 17.9 Å². The second-order valence-electron chi connectivity index (χ2n) is 9.57. The maximum Gasteiger partial charge on any atom is 0.410 e. The molecule has 2 saturated heterocycles. The summed E-state index contributed by atoms with van der Waals surface area (Å²) in [4.78, 5) is 19.0. The number of carbonyl (C=O) groups is 1. The minimum Gasteiger partial charge on any atom is -0.444 e. The Bertz CT molecular complexity index is 835. The number of hydrogen-bond donors (Lipinski definition) is 1. The molecule has 0 bridgehead atoms. The fourth-order valence-electron chi connectivity index (χ4n) is 4.17. The number of likely N-dealkylation sites (tertiary alicyclic amines) is 1. The Kier molecular flexibility index (Phi) is 7.49. The summed E-state index contributed by atoms with van der Waals surface area (Å²) in [6, 6.07) is 6.79. The van der Waals surface area contributed by atoms with Crippen molar-refractivity contribution >= 4 is 21.8 Å². The van der Waals surface area contributed by atoms with Crippen LogP contribution in [0.4, 0.5) is 10.5 Å². The standard InChI is InChI=1S/C22H36N4O4S/c1-22(2,3)30-21(27)26-12-9-18(10-13-26)8-11-24-14-16-25(17-15-24)19-4-6-20(7-5-19)31(23,28)29/h4-7,18H,8-17H2,1-3H3,(H2,23,28,29). The zero-order chi connectivity index (χ0) is 22.6. The highest BCUT2D eigenvalue weighted by molar-refractivity contribution is 7.89. The average molecular weight is 453 g/mol. The van der Waals surface area contributed by atoms with Gasteiger partial charge in [0, 0.05) is 45.0 Å². The molecular formula is C22H36N4O4S. The molecule has 1 aromatic carbocycles. The maximum absolute atomic E-state index is 12.2. The Morgan fingerprint density at radius 3 is 2.13 bits per heavy atom. The van der Waals surface area contributed by atoms with Crippen LogP contribution in [0.3, 0.4) is 0 Å². The zero-order valence-electron chi connectivity index (χ0n) is 18.9. The van der Waals surface area contributed by atoms with Gasteiger partial charge in [0.05, 0.1) is 4.90 Å². The van der Waals surface area contributed by atoms with Crippen LogP contribution in [-0.4, -0.2) is 75.7 Å². The quantitative estimate of drug-likeness (QED) is 0.737. The highest BCUT2D eigenvalue weighted by Gasteiger charge is 2.27. The molecule has 9 heteroatoms. The predicted octanol–water partition coefficient (Wildman–Crippen LogP) is 2.49. The van der Waals surface area contributed by atoms with Crippen LogP contribution in [0.15, 0.2) is 29.2 Å². The molecule has 0 radical (unpaired) electrons. The summed E-state index contributed by atoms with van der Waals surface area (Å²) in [6.45, 7) is 12.2. The molecule has 8 nitrogen and oxygen atoms in total. The number of benzene rings is 1. The maximum atomic E-state index is 12.2. The Hall–Kier alpha value is -1.84. The van der Waals surface area contributed by atoms with E-state index in [1.54, 1.807) is 12.1 Å². The molecule has 2 aliphatic heterocycles. The van der Waals surface area contributed by atoms with Crippen LogP contribution in [-0.2, 0) is 14.8 Å². The topological polar surface area (TPSA) is 96.2 Å². The van der Waals surface area contributed by atoms with Gasteiger partial charge in [0.2, 0.25) is 10.0 Å². The molecule has 0 atom stereocenters. The molecule has 2 fully saturated rings. The number of anilines is 1. The van der Waals surface area contributed by atoms with E-state index in [1.807, 2.05) is 37.8 Å². The van der Waals surface area contributed by atoms with Crippen LogP contribution < -0.4 is 10.0 Å². The van der Waals surface area contributed by atoms with Gasteiger partial charge in [-0.25, -0.2) is 18.4 Å². The van der Waals surface area contributed by atoms with E-state index in [2.05, 4.69) is 9.80 Å². The van der Waals surface area contributed by atoms with Crippen LogP contribution in [0, 0.1) is 5.92 Å². The number of nitrogens with two attached hydrogens (primary N) is 1. The van der Waals surface area contributed by atoms with E-state index in [1.165, 1.54) is 0 Å². The van der Waals surface area contributed by atoms with Gasteiger partial charge in [-0.2, -0.15) is 0 Å². The Morgan fingerprint density at radius 2 is 1.61 bits per heavy atom. The summed E-state index contributed by atoms with van der Waals surface area (Å²) in [5.74, 6) is 0.655. The summed E-state index contributed by atoms with van der Waals surface area (Å²) < 4.78 is 28.3. The third-order valence-electron chi connectivity index (χ3n) is 6.02. The monoisotopic (exact) mass is 452 g/mol. The van der Waals surface area contributed by atoms with E-state index in [0.29, 0.717) is 5.92 Å². The van der Waals surface area contributed by atoms with Crippen molar-refractivity contribution in [2.45, 2.75) is 50.5 Å². The van der Waals surface area contributed by atoms with Crippen LogP contribution in [0.5, 0.6) is 0 Å². The van der Waals surface area contributed by atoms with Crippen molar-refractivity contribution in [3.8, 4) is 0 Å². The number of sulfonamides is 1. The SMILES string of the molecule is CC(C)(C)OC(=O)N1CCC(CCN2CCN(c3ccc(S(N)(=O)=O)cc3)CC2)CC1. The number of hydrogen-bond acceptors (Lipinski definition) is 6. The van der Waals surface area contributed by atoms with Crippen molar-refractivity contribution in [1.82, 2.24) is 9.80 Å². The van der Waals surface area contributed by atoms with E-state index >= 15 is 0 Å². The highest BCUT2D eigenvalue weighted by Crippen LogP contribution is 2.24. The van der Waals surface area contributed by atoms with E-state index in [-0.39, 0.29) is 11.0 Å². The molecule has 2 N–H and O–H groups in total. The van der Waals surface area contributed by atoms with Gasteiger partial charge in [-0.1, -0.05) is 0 Å². The first-order valence-corrected chi connectivity index (χ1v) is 12.6. The van der Waals surface area contributed by atoms with Crippen molar-refractivity contribution in [3.05, 3.63) is 24.3 Å². The van der Waals surface area contributed by atoms with Gasteiger partial charge < -0.3 is 14.5 Å². The van der Waals surface area contributed by atoms with E-state index < -0.39 is 15.6 Å². The van der Waals surface area contributed by atoms with Crippen LogP contribution in [0.1, 0.15) is 40.0 Å². The lowest BCUT2D eigenvalue weighted by atomic mass is 9.93. The molecule has 0 aliphatic carbocycles. The van der Waals surface area contributed by atoms with E-state index in [4.69, 9.17) is 9.88 Å². The Labute approximate surface area is 186 Å². The minimum absolute atomic E-state index is 0.146. The molecule has 2 heterocycles. The zero-order valence-corrected chi connectivity index (χ0v) is 19.7. The smallest absolute Gasteiger partial charge is 0.410 e. The number of nitrogens with zero attached hydrogens (tertiary/aromatic N) is 3. The Morgan fingerprint density at radius 1 is 1.03 bits per heavy atom. The minimum atomic E-state index is -3.65. The summed E-state index contributed by atoms with van der Waals surface area (Å²) in [5, 5.41) is 5.17. The first kappa shape index (κ1) is 23.8. The summed E-state index contributed by atoms with van der Waals surface area (Å²) in [5.41, 5.74) is 0.585. The molecular weight excluding hydrogens is 416 g/mol. The first-order chi connectivity index (χ1) is 14.5. The van der Waals surface area contributed by atoms with Crippen molar-refractivity contribution in [1.29, 1.82) is 0 Å². The molecule has 0 unspecified atom stereocenters. The summed E-state index contributed by atoms with van der Waals surface area (Å²) >= 11 is 0. The molecule has 2 aliphatic rings. The third kappa shape index (κ3) is 7.08. The molecule has 0 saturated carbocycles. The fraction of sp³-hybridized carbons (Fsp3) is 0.682. The molecule has 1 amide bonds. The van der Waals surface area contributed by atoms with E-state index in [9.17, 15) is 13.2 Å². The van der Waals surface area contributed by atoms with Gasteiger partial charge in [-0.3, -0.25) is 4.90 Å². The fourth-order valence-corrected chi connectivity index (χ4v) is 4.69. The number of carbonyl (C=O) groups excluding carboxylic acids is 1. The van der Waals surface area contributed by atoms with E-state index in [0.717, 1.165) is 70.8 Å². The normalized spacial score (nSPS) is 19.5. The largest absolute Gasteiger partial charge is 0.444 e. The molecule has 0 spiro atoms.